The Morgan fingerprint density at radius 2 is 2.04 bits per heavy atom. The summed E-state index contributed by atoms with van der Waals surface area (Å²) in [7, 11) is 0. The van der Waals surface area contributed by atoms with Gasteiger partial charge in [0.05, 0.1) is 24.2 Å². The molecule has 0 bridgehead atoms. The van der Waals surface area contributed by atoms with Gasteiger partial charge in [-0.3, -0.25) is 9.59 Å². The number of hydrogen-bond donors (Lipinski definition) is 2. The second-order valence-corrected chi connectivity index (χ2v) is 6.55. The number of amides is 2. The van der Waals surface area contributed by atoms with Crippen molar-refractivity contribution in [3.8, 4) is 5.75 Å². The first-order valence-corrected chi connectivity index (χ1v) is 9.20. The third-order valence-electron chi connectivity index (χ3n) is 3.48. The van der Waals surface area contributed by atoms with Crippen LogP contribution in [0.1, 0.15) is 20.3 Å². The van der Waals surface area contributed by atoms with E-state index in [-0.39, 0.29) is 24.8 Å². The fourth-order valence-corrected chi connectivity index (χ4v) is 3.47. The molecule has 1 aromatic rings. The number of para-hydroxylation sites is 2. The number of nitrogens with one attached hydrogen (secondary N) is 2. The third-order valence-corrected chi connectivity index (χ3v) is 4.78. The molecular weight excluding hydrogens is 344 g/mol. The molecule has 1 heterocycles. The Labute approximate surface area is 150 Å². The maximum atomic E-state index is 12.2. The van der Waals surface area contributed by atoms with Crippen LogP contribution in [0.5, 0.6) is 5.75 Å². The van der Waals surface area contributed by atoms with Gasteiger partial charge in [-0.15, -0.1) is 11.8 Å². The first-order chi connectivity index (χ1) is 12.0. The highest BCUT2D eigenvalue weighted by Crippen LogP contribution is 2.26. The number of rotatable bonds is 7. The number of carbonyl (C=O) groups excluding carboxylic acids is 3. The molecule has 136 valence electrons. The lowest BCUT2D eigenvalue weighted by Crippen LogP contribution is -2.51. The molecule has 7 nitrogen and oxygen atoms in total. The van der Waals surface area contributed by atoms with Crippen molar-refractivity contribution in [1.82, 2.24) is 5.32 Å². The molecule has 0 aliphatic carbocycles. The highest BCUT2D eigenvalue weighted by atomic mass is 32.2. The van der Waals surface area contributed by atoms with Gasteiger partial charge in [-0.05, 0) is 26.0 Å². The van der Waals surface area contributed by atoms with Crippen molar-refractivity contribution in [3.05, 3.63) is 24.3 Å². The molecule has 2 N–H and O–H groups in total. The molecule has 1 fully saturated rings. The average Bonchev–Trinajstić information content (AvgIpc) is 2.59. The van der Waals surface area contributed by atoms with Crippen molar-refractivity contribution < 1.29 is 23.9 Å². The van der Waals surface area contributed by atoms with Crippen molar-refractivity contribution in [2.75, 3.05) is 24.3 Å². The van der Waals surface area contributed by atoms with Gasteiger partial charge in [0, 0.05) is 12.2 Å². The number of benzene rings is 1. The van der Waals surface area contributed by atoms with Crippen molar-refractivity contribution in [1.29, 1.82) is 0 Å². The Morgan fingerprint density at radius 3 is 2.72 bits per heavy atom. The standard InChI is InChI=1S/C17H22N2O5S/c1-3-23-13-8-6-5-7-11(13)18-15(20)9-14-16(21)19-12(10-25-14)17(22)24-4-2/h5-8,12,14H,3-4,9-10H2,1-2H3,(H,18,20)(H,19,21)/t12-,14+/m1/s1. The van der Waals surface area contributed by atoms with Crippen LogP contribution in [-0.4, -0.2) is 48.0 Å². The summed E-state index contributed by atoms with van der Waals surface area (Å²) in [5, 5.41) is 4.84. The van der Waals surface area contributed by atoms with E-state index in [2.05, 4.69) is 10.6 Å². The van der Waals surface area contributed by atoms with Crippen LogP contribution in [-0.2, 0) is 19.1 Å². The van der Waals surface area contributed by atoms with Crippen LogP contribution >= 0.6 is 11.8 Å². The van der Waals surface area contributed by atoms with E-state index in [0.29, 0.717) is 23.8 Å². The summed E-state index contributed by atoms with van der Waals surface area (Å²) in [6.07, 6.45) is 0.0203. The Balaban J connectivity index is 1.89. The first kappa shape index (κ1) is 19.1. The summed E-state index contributed by atoms with van der Waals surface area (Å²) < 4.78 is 10.4. The van der Waals surface area contributed by atoms with E-state index < -0.39 is 17.3 Å². The lowest BCUT2D eigenvalue weighted by atomic mass is 10.2. The summed E-state index contributed by atoms with van der Waals surface area (Å²) in [6.45, 7) is 4.33. The minimum Gasteiger partial charge on any atom is -0.492 e. The molecule has 1 saturated heterocycles. The second kappa shape index (κ2) is 9.31. The lowest BCUT2D eigenvalue weighted by molar-refractivity contribution is -0.146. The number of carbonyl (C=O) groups is 3. The summed E-state index contributed by atoms with van der Waals surface area (Å²) in [5.74, 6) is -0.0896. The zero-order chi connectivity index (χ0) is 18.2. The van der Waals surface area contributed by atoms with Crippen molar-refractivity contribution in [3.63, 3.8) is 0 Å². The average molecular weight is 366 g/mol. The minimum atomic E-state index is -0.657. The summed E-state index contributed by atoms with van der Waals surface area (Å²) >= 11 is 1.28. The van der Waals surface area contributed by atoms with Crippen LogP contribution in [0.4, 0.5) is 5.69 Å². The smallest absolute Gasteiger partial charge is 0.329 e. The first-order valence-electron chi connectivity index (χ1n) is 8.15. The van der Waals surface area contributed by atoms with Crippen LogP contribution in [0, 0.1) is 0 Å². The van der Waals surface area contributed by atoms with E-state index in [0.717, 1.165) is 0 Å². The van der Waals surface area contributed by atoms with Gasteiger partial charge in [-0.25, -0.2) is 4.79 Å². The normalized spacial score (nSPS) is 19.7. The summed E-state index contributed by atoms with van der Waals surface area (Å²) in [6, 6.07) is 6.47. The predicted molar refractivity (Wildman–Crippen MR) is 95.7 cm³/mol. The van der Waals surface area contributed by atoms with Crippen LogP contribution in [0.15, 0.2) is 24.3 Å². The van der Waals surface area contributed by atoms with Crippen molar-refractivity contribution in [2.45, 2.75) is 31.6 Å². The molecule has 2 amide bonds. The monoisotopic (exact) mass is 366 g/mol. The molecular formula is C17H22N2O5S. The van der Waals surface area contributed by atoms with Gasteiger partial charge in [0.2, 0.25) is 11.8 Å². The molecule has 0 spiro atoms. The maximum absolute atomic E-state index is 12.2. The van der Waals surface area contributed by atoms with Gasteiger partial charge in [0.1, 0.15) is 11.8 Å². The number of esters is 1. The molecule has 1 aliphatic heterocycles. The second-order valence-electron chi connectivity index (χ2n) is 5.32. The third kappa shape index (κ3) is 5.38. The van der Waals surface area contributed by atoms with Crippen LogP contribution in [0.3, 0.4) is 0 Å². The van der Waals surface area contributed by atoms with E-state index in [4.69, 9.17) is 9.47 Å². The number of hydrogen-bond acceptors (Lipinski definition) is 6. The number of thioether (sulfide) groups is 1. The summed E-state index contributed by atoms with van der Waals surface area (Å²) in [5.41, 5.74) is 0.569. The van der Waals surface area contributed by atoms with Crippen LogP contribution < -0.4 is 15.4 Å². The van der Waals surface area contributed by atoms with E-state index in [1.54, 1.807) is 25.1 Å². The molecule has 8 heteroatoms. The fraction of sp³-hybridized carbons (Fsp3) is 0.471. The largest absolute Gasteiger partial charge is 0.492 e. The molecule has 2 atom stereocenters. The van der Waals surface area contributed by atoms with E-state index in [1.165, 1.54) is 11.8 Å². The molecule has 0 unspecified atom stereocenters. The van der Waals surface area contributed by atoms with Crippen molar-refractivity contribution >= 4 is 35.2 Å². The van der Waals surface area contributed by atoms with Crippen molar-refractivity contribution in [2.24, 2.45) is 0 Å². The van der Waals surface area contributed by atoms with Gasteiger partial charge >= 0.3 is 5.97 Å². The van der Waals surface area contributed by atoms with Gasteiger partial charge in [-0.2, -0.15) is 0 Å². The number of ether oxygens (including phenoxy) is 2. The van der Waals surface area contributed by atoms with Gasteiger partial charge in [0.15, 0.2) is 0 Å². The highest BCUT2D eigenvalue weighted by molar-refractivity contribution is 8.00. The summed E-state index contributed by atoms with van der Waals surface area (Å²) in [4.78, 5) is 36.0. The Morgan fingerprint density at radius 1 is 1.28 bits per heavy atom. The quantitative estimate of drug-likeness (QED) is 0.712. The van der Waals surface area contributed by atoms with Crippen LogP contribution in [0.2, 0.25) is 0 Å². The Bertz CT molecular complexity index is 637. The Kier molecular flexibility index (Phi) is 7.12. The highest BCUT2D eigenvalue weighted by Gasteiger charge is 2.34. The maximum Gasteiger partial charge on any atom is 0.329 e. The molecule has 1 aromatic carbocycles. The predicted octanol–water partition coefficient (Wildman–Crippen LogP) is 1.58. The molecule has 0 radical (unpaired) electrons. The zero-order valence-electron chi connectivity index (χ0n) is 14.2. The van der Waals surface area contributed by atoms with Gasteiger partial charge in [-0.1, -0.05) is 12.1 Å². The van der Waals surface area contributed by atoms with E-state index >= 15 is 0 Å². The Hall–Kier alpha value is -2.22. The van der Waals surface area contributed by atoms with E-state index in [1.807, 2.05) is 13.0 Å². The minimum absolute atomic E-state index is 0.0203. The molecule has 0 saturated carbocycles. The molecule has 25 heavy (non-hydrogen) atoms. The molecule has 1 aliphatic rings. The SMILES string of the molecule is CCOC(=O)[C@H]1CS[C@@H](CC(=O)Nc2ccccc2OCC)C(=O)N1. The lowest BCUT2D eigenvalue weighted by Gasteiger charge is -2.27. The van der Waals surface area contributed by atoms with Gasteiger partial charge < -0.3 is 20.1 Å². The topological polar surface area (TPSA) is 93.7 Å². The van der Waals surface area contributed by atoms with Gasteiger partial charge in [0.25, 0.3) is 0 Å². The van der Waals surface area contributed by atoms with E-state index in [9.17, 15) is 14.4 Å². The number of anilines is 1. The molecule has 2 rings (SSSR count). The fourth-order valence-electron chi connectivity index (χ4n) is 2.34. The zero-order valence-corrected chi connectivity index (χ0v) is 15.1. The molecule has 0 aromatic heterocycles. The van der Waals surface area contributed by atoms with Crippen LogP contribution in [0.25, 0.3) is 0 Å².